The second kappa shape index (κ2) is 11.0. The summed E-state index contributed by atoms with van der Waals surface area (Å²) in [4.78, 5) is 39.3. The first-order chi connectivity index (χ1) is 14.6. The van der Waals surface area contributed by atoms with Crippen LogP contribution in [0.3, 0.4) is 0 Å². The van der Waals surface area contributed by atoms with Gasteiger partial charge in [-0.3, -0.25) is 14.4 Å². The molecule has 174 valence electrons. The molecule has 0 atom stereocenters. The van der Waals surface area contributed by atoms with E-state index in [0.717, 1.165) is 18.7 Å². The second-order valence-corrected chi connectivity index (χ2v) is 7.33. The van der Waals surface area contributed by atoms with Crippen LogP contribution in [0.25, 0.3) is 0 Å². The summed E-state index contributed by atoms with van der Waals surface area (Å²) in [5.41, 5.74) is 0.977. The van der Waals surface area contributed by atoms with Crippen LogP contribution in [0.15, 0.2) is 12.4 Å². The van der Waals surface area contributed by atoms with Crippen LogP contribution in [0.2, 0.25) is 0 Å². The number of piperazine rings is 1. The van der Waals surface area contributed by atoms with Gasteiger partial charge in [0.1, 0.15) is 0 Å². The van der Waals surface area contributed by atoms with E-state index in [2.05, 4.69) is 15.3 Å². The number of aryl methyl sites for hydroxylation is 1. The van der Waals surface area contributed by atoms with Crippen molar-refractivity contribution < 1.29 is 32.7 Å². The lowest BCUT2D eigenvalue weighted by molar-refractivity contribution is -0.192. The first-order valence-corrected chi connectivity index (χ1v) is 9.87. The number of hydrogen-bond donors (Lipinski definition) is 2. The number of rotatable bonds is 4. The molecule has 0 saturated carbocycles. The highest BCUT2D eigenvalue weighted by molar-refractivity contribution is 5.79. The number of aromatic nitrogens is 2. The van der Waals surface area contributed by atoms with Crippen molar-refractivity contribution >= 4 is 17.9 Å². The van der Waals surface area contributed by atoms with Crippen LogP contribution in [0.4, 0.5) is 18.0 Å². The monoisotopic (exact) mass is 448 g/mol. The molecule has 2 aliphatic rings. The van der Waals surface area contributed by atoms with Gasteiger partial charge in [-0.15, -0.1) is 0 Å². The van der Waals surface area contributed by atoms with Gasteiger partial charge in [0.2, 0.25) is 5.91 Å². The van der Waals surface area contributed by atoms with Crippen molar-refractivity contribution in [3.05, 3.63) is 18.0 Å². The summed E-state index contributed by atoms with van der Waals surface area (Å²) in [5.74, 6) is -2.57. The van der Waals surface area contributed by atoms with E-state index in [4.69, 9.17) is 9.90 Å². The summed E-state index contributed by atoms with van der Waals surface area (Å²) in [6, 6.07) is -0.0782. The zero-order chi connectivity index (χ0) is 23.0. The van der Waals surface area contributed by atoms with Gasteiger partial charge in [-0.2, -0.15) is 18.3 Å². The third kappa shape index (κ3) is 8.07. The smallest absolute Gasteiger partial charge is 0.475 e. The average Bonchev–Trinajstić information content (AvgIpc) is 3.37. The second-order valence-electron chi connectivity index (χ2n) is 7.33. The van der Waals surface area contributed by atoms with Crippen molar-refractivity contribution in [1.29, 1.82) is 0 Å². The minimum absolute atomic E-state index is 0.0782. The Morgan fingerprint density at radius 3 is 2.10 bits per heavy atom. The van der Waals surface area contributed by atoms with E-state index in [0.29, 0.717) is 39.3 Å². The highest BCUT2D eigenvalue weighted by atomic mass is 19.4. The maximum absolute atomic E-state index is 12.3. The summed E-state index contributed by atoms with van der Waals surface area (Å²) in [5, 5.41) is 14.1. The highest BCUT2D eigenvalue weighted by Crippen LogP contribution is 2.13. The fourth-order valence-corrected chi connectivity index (χ4v) is 3.24. The number of hydrogen-bond acceptors (Lipinski definition) is 5. The topological polar surface area (TPSA) is 111 Å². The third-order valence-electron chi connectivity index (χ3n) is 4.92. The number of halogens is 3. The Morgan fingerprint density at radius 2 is 1.61 bits per heavy atom. The first kappa shape index (κ1) is 24.4. The number of likely N-dealkylation sites (tertiary alicyclic amines) is 1. The predicted octanol–water partition coefficient (Wildman–Crippen LogP) is 0.503. The van der Waals surface area contributed by atoms with Crippen molar-refractivity contribution in [2.24, 2.45) is 7.05 Å². The van der Waals surface area contributed by atoms with Crippen LogP contribution in [0.5, 0.6) is 0 Å². The maximum Gasteiger partial charge on any atom is 0.490 e. The lowest BCUT2D eigenvalue weighted by atomic mass is 10.3. The molecule has 0 aliphatic carbocycles. The standard InChI is InChI=1S/C16H26N6O2.C2HF3O2/c1-19-12-14(11-18-19)10-17-16(24)22-8-6-21(7-9-22)15(23)13-20-4-2-3-5-20;3-2(4,5)1(6)7/h11-12H,2-10,13H2,1H3,(H,17,24);(H,6,7). The molecule has 1 aromatic heterocycles. The molecule has 0 bridgehead atoms. The van der Waals surface area contributed by atoms with Gasteiger partial charge in [-0.1, -0.05) is 0 Å². The Hall–Kier alpha value is -2.83. The average molecular weight is 448 g/mol. The lowest BCUT2D eigenvalue weighted by Crippen LogP contribution is -2.54. The van der Waals surface area contributed by atoms with Crippen LogP contribution in [-0.4, -0.2) is 99.5 Å². The van der Waals surface area contributed by atoms with E-state index in [-0.39, 0.29) is 11.9 Å². The fourth-order valence-electron chi connectivity index (χ4n) is 3.24. The lowest BCUT2D eigenvalue weighted by Gasteiger charge is -2.35. The van der Waals surface area contributed by atoms with Crippen molar-refractivity contribution in [1.82, 2.24) is 29.8 Å². The number of alkyl halides is 3. The Balaban J connectivity index is 0.000000423. The van der Waals surface area contributed by atoms with Crippen LogP contribution in [0, 0.1) is 0 Å². The van der Waals surface area contributed by atoms with Gasteiger partial charge in [0.05, 0.1) is 12.7 Å². The molecule has 3 heterocycles. The van der Waals surface area contributed by atoms with Crippen molar-refractivity contribution in [3.63, 3.8) is 0 Å². The largest absolute Gasteiger partial charge is 0.490 e. The minimum atomic E-state index is -5.08. The number of carboxylic acid groups (broad SMARTS) is 1. The molecular formula is C18H27F3N6O4. The van der Waals surface area contributed by atoms with Gasteiger partial charge in [-0.25, -0.2) is 9.59 Å². The Bertz CT molecular complexity index is 756. The van der Waals surface area contributed by atoms with Crippen LogP contribution >= 0.6 is 0 Å². The zero-order valence-electron chi connectivity index (χ0n) is 17.3. The number of nitrogens with zero attached hydrogens (tertiary/aromatic N) is 5. The number of urea groups is 1. The summed E-state index contributed by atoms with van der Waals surface area (Å²) < 4.78 is 33.5. The fraction of sp³-hybridized carbons (Fsp3) is 0.667. The zero-order valence-corrected chi connectivity index (χ0v) is 17.3. The Labute approximate surface area is 177 Å². The van der Waals surface area contributed by atoms with Gasteiger partial charge in [-0.05, 0) is 25.9 Å². The molecule has 3 amide bonds. The number of amides is 3. The predicted molar refractivity (Wildman–Crippen MR) is 103 cm³/mol. The number of carbonyl (C=O) groups is 3. The summed E-state index contributed by atoms with van der Waals surface area (Å²) in [6.07, 6.45) is 0.931. The molecule has 0 spiro atoms. The molecule has 1 aromatic rings. The van der Waals surface area contributed by atoms with Crippen molar-refractivity contribution in [2.45, 2.75) is 25.6 Å². The summed E-state index contributed by atoms with van der Waals surface area (Å²) in [6.45, 7) is 5.47. The third-order valence-corrected chi connectivity index (χ3v) is 4.92. The number of aliphatic carboxylic acids is 1. The Morgan fingerprint density at radius 1 is 1.06 bits per heavy atom. The van der Waals surface area contributed by atoms with Gasteiger partial charge in [0.25, 0.3) is 0 Å². The molecule has 0 unspecified atom stereocenters. The van der Waals surface area contributed by atoms with Gasteiger partial charge >= 0.3 is 18.2 Å². The first-order valence-electron chi connectivity index (χ1n) is 9.87. The van der Waals surface area contributed by atoms with Crippen LogP contribution in [0.1, 0.15) is 18.4 Å². The Kier molecular flexibility index (Phi) is 8.65. The number of carboxylic acids is 1. The van der Waals surface area contributed by atoms with Crippen LogP contribution in [-0.2, 0) is 23.2 Å². The highest BCUT2D eigenvalue weighted by Gasteiger charge is 2.38. The SMILES string of the molecule is Cn1cc(CNC(=O)N2CCN(C(=O)CN3CCCC3)CC2)cn1.O=C(O)C(F)(F)F. The normalized spacial score (nSPS) is 17.2. The van der Waals surface area contributed by atoms with Crippen molar-refractivity contribution in [3.8, 4) is 0 Å². The molecule has 13 heteroatoms. The van der Waals surface area contributed by atoms with Crippen LogP contribution < -0.4 is 5.32 Å². The van der Waals surface area contributed by atoms with Gasteiger partial charge in [0.15, 0.2) is 0 Å². The molecule has 2 aliphatic heterocycles. The molecule has 2 fully saturated rings. The van der Waals surface area contributed by atoms with E-state index in [1.54, 1.807) is 15.8 Å². The van der Waals surface area contributed by atoms with Gasteiger partial charge < -0.3 is 20.2 Å². The molecular weight excluding hydrogens is 421 g/mol. The minimum Gasteiger partial charge on any atom is -0.475 e. The molecule has 10 nitrogen and oxygen atoms in total. The van der Waals surface area contributed by atoms with E-state index in [1.165, 1.54) is 12.8 Å². The van der Waals surface area contributed by atoms with E-state index >= 15 is 0 Å². The van der Waals surface area contributed by atoms with E-state index < -0.39 is 12.1 Å². The molecule has 3 rings (SSSR count). The van der Waals surface area contributed by atoms with E-state index in [9.17, 15) is 22.8 Å². The summed E-state index contributed by atoms with van der Waals surface area (Å²) in [7, 11) is 1.85. The molecule has 0 aromatic carbocycles. The van der Waals surface area contributed by atoms with E-state index in [1.807, 2.05) is 18.1 Å². The molecule has 2 saturated heterocycles. The van der Waals surface area contributed by atoms with Gasteiger partial charge in [0, 0.05) is 51.5 Å². The summed E-state index contributed by atoms with van der Waals surface area (Å²) >= 11 is 0. The van der Waals surface area contributed by atoms with Crippen molar-refractivity contribution in [2.75, 3.05) is 45.8 Å². The number of nitrogens with one attached hydrogen (secondary N) is 1. The molecule has 2 N–H and O–H groups in total. The molecule has 31 heavy (non-hydrogen) atoms. The number of carbonyl (C=O) groups excluding carboxylic acids is 2. The molecule has 0 radical (unpaired) electrons. The quantitative estimate of drug-likeness (QED) is 0.694. The maximum atomic E-state index is 12.3.